The summed E-state index contributed by atoms with van der Waals surface area (Å²) >= 11 is 0. The lowest BCUT2D eigenvalue weighted by molar-refractivity contribution is 0.0422. The fourth-order valence-corrected chi connectivity index (χ4v) is 2.39. The van der Waals surface area contributed by atoms with Crippen LogP contribution < -0.4 is 11.3 Å². The van der Waals surface area contributed by atoms with Crippen molar-refractivity contribution in [3.63, 3.8) is 0 Å². The predicted octanol–water partition coefficient (Wildman–Crippen LogP) is -0.130. The summed E-state index contributed by atoms with van der Waals surface area (Å²) in [4.78, 5) is 30.2. The molecule has 0 spiro atoms. The first-order valence-corrected chi connectivity index (χ1v) is 6.88. The number of amides is 1. The van der Waals surface area contributed by atoms with Crippen LogP contribution in [0, 0.1) is 0 Å². The topological polar surface area (TPSA) is 82.4 Å². The van der Waals surface area contributed by atoms with Gasteiger partial charge in [0, 0.05) is 44.3 Å². The molecule has 0 radical (unpaired) electrons. The monoisotopic (exact) mass is 278 g/mol. The molecule has 0 saturated carbocycles. The van der Waals surface area contributed by atoms with Crippen LogP contribution in [0.4, 0.5) is 0 Å². The number of nitrogens with one attached hydrogen (secondary N) is 1. The number of hydrogen-bond acceptors (Lipinski definition) is 4. The van der Waals surface area contributed by atoms with Gasteiger partial charge in [0.1, 0.15) is 5.69 Å². The maximum Gasteiger partial charge on any atom is 0.270 e. The van der Waals surface area contributed by atoms with Crippen molar-refractivity contribution in [2.45, 2.75) is 19.4 Å². The molecule has 0 aliphatic carbocycles. The second-order valence-electron chi connectivity index (χ2n) is 5.72. The van der Waals surface area contributed by atoms with Gasteiger partial charge < -0.3 is 15.6 Å². The number of hydrogen-bond donors (Lipinski definition) is 2. The molecule has 1 fully saturated rings. The Morgan fingerprint density at radius 1 is 1.30 bits per heavy atom. The highest BCUT2D eigenvalue weighted by molar-refractivity contribution is 5.92. The van der Waals surface area contributed by atoms with Crippen molar-refractivity contribution in [3.8, 4) is 0 Å². The van der Waals surface area contributed by atoms with E-state index in [-0.39, 0.29) is 17.0 Å². The highest BCUT2D eigenvalue weighted by Crippen LogP contribution is 2.16. The van der Waals surface area contributed by atoms with Gasteiger partial charge in [0.15, 0.2) is 0 Å². The minimum atomic E-state index is -0.251. The second-order valence-corrected chi connectivity index (χ2v) is 5.72. The Balaban J connectivity index is 2.01. The van der Waals surface area contributed by atoms with Gasteiger partial charge in [-0.25, -0.2) is 0 Å². The summed E-state index contributed by atoms with van der Waals surface area (Å²) in [5.41, 5.74) is 5.83. The Hall–Kier alpha value is -1.66. The molecule has 1 saturated heterocycles. The van der Waals surface area contributed by atoms with Crippen LogP contribution in [-0.2, 0) is 0 Å². The molecule has 0 atom stereocenters. The van der Waals surface area contributed by atoms with E-state index in [1.54, 1.807) is 17.0 Å². The quantitative estimate of drug-likeness (QED) is 0.807. The predicted molar refractivity (Wildman–Crippen MR) is 77.7 cm³/mol. The van der Waals surface area contributed by atoms with Crippen LogP contribution in [0.15, 0.2) is 23.0 Å². The maximum atomic E-state index is 12.3. The molecular weight excluding hydrogens is 256 g/mol. The van der Waals surface area contributed by atoms with E-state index in [1.807, 2.05) is 0 Å². The van der Waals surface area contributed by atoms with Crippen molar-refractivity contribution < 1.29 is 4.79 Å². The van der Waals surface area contributed by atoms with Crippen LogP contribution in [0.1, 0.15) is 24.3 Å². The highest BCUT2D eigenvalue weighted by atomic mass is 16.2. The molecule has 0 aromatic carbocycles. The van der Waals surface area contributed by atoms with E-state index in [4.69, 9.17) is 5.73 Å². The molecule has 1 amide bonds. The number of rotatable bonds is 3. The Kier molecular flexibility index (Phi) is 4.25. The number of H-pyrrole nitrogens is 1. The van der Waals surface area contributed by atoms with Crippen LogP contribution in [-0.4, -0.2) is 59.0 Å². The lowest BCUT2D eigenvalue weighted by atomic mass is 10.0. The summed E-state index contributed by atoms with van der Waals surface area (Å²) in [5.74, 6) is -0.118. The number of nitrogens with two attached hydrogens (primary N) is 1. The van der Waals surface area contributed by atoms with Gasteiger partial charge in [-0.05, 0) is 19.9 Å². The molecular formula is C14H22N4O2. The van der Waals surface area contributed by atoms with E-state index >= 15 is 0 Å². The molecule has 3 N–H and O–H groups in total. The minimum Gasteiger partial charge on any atom is -0.335 e. The van der Waals surface area contributed by atoms with Crippen molar-refractivity contribution >= 4 is 5.91 Å². The normalized spacial score (nSPS) is 17.2. The summed E-state index contributed by atoms with van der Waals surface area (Å²) in [6.45, 7) is 7.71. The molecule has 2 rings (SSSR count). The first kappa shape index (κ1) is 14.7. The summed E-state index contributed by atoms with van der Waals surface area (Å²) < 4.78 is 0. The summed E-state index contributed by atoms with van der Waals surface area (Å²) in [5, 5.41) is 0. The second kappa shape index (κ2) is 5.76. The summed E-state index contributed by atoms with van der Waals surface area (Å²) in [7, 11) is 0. The average Bonchev–Trinajstić information content (AvgIpc) is 2.46. The fraction of sp³-hybridized carbons (Fsp3) is 0.571. The van der Waals surface area contributed by atoms with Gasteiger partial charge in [-0.2, -0.15) is 0 Å². The van der Waals surface area contributed by atoms with Crippen LogP contribution in [0.25, 0.3) is 0 Å². The number of piperazine rings is 1. The number of carbonyl (C=O) groups is 1. The van der Waals surface area contributed by atoms with Crippen LogP contribution >= 0.6 is 0 Å². The largest absolute Gasteiger partial charge is 0.335 e. The third kappa shape index (κ3) is 3.08. The molecule has 110 valence electrons. The van der Waals surface area contributed by atoms with E-state index in [2.05, 4.69) is 23.7 Å². The molecule has 1 aliphatic rings. The molecule has 0 unspecified atom stereocenters. The number of aromatic nitrogens is 1. The van der Waals surface area contributed by atoms with E-state index in [1.165, 1.54) is 6.07 Å². The van der Waals surface area contributed by atoms with E-state index in [9.17, 15) is 9.59 Å². The van der Waals surface area contributed by atoms with Gasteiger partial charge in [-0.1, -0.05) is 6.07 Å². The van der Waals surface area contributed by atoms with Gasteiger partial charge in [-0.15, -0.1) is 0 Å². The van der Waals surface area contributed by atoms with E-state index < -0.39 is 0 Å². The lowest BCUT2D eigenvalue weighted by Crippen LogP contribution is -2.58. The van der Waals surface area contributed by atoms with Gasteiger partial charge in [0.05, 0.1) is 0 Å². The van der Waals surface area contributed by atoms with Gasteiger partial charge in [0.2, 0.25) is 5.56 Å². The molecule has 6 nitrogen and oxygen atoms in total. The molecule has 6 heteroatoms. The zero-order valence-electron chi connectivity index (χ0n) is 12.1. The number of pyridine rings is 1. The smallest absolute Gasteiger partial charge is 0.270 e. The molecule has 2 heterocycles. The van der Waals surface area contributed by atoms with Crippen LogP contribution in [0.2, 0.25) is 0 Å². The zero-order chi connectivity index (χ0) is 14.8. The Bertz CT molecular complexity index is 530. The van der Waals surface area contributed by atoms with Crippen molar-refractivity contribution in [1.82, 2.24) is 14.8 Å². The Labute approximate surface area is 118 Å². The van der Waals surface area contributed by atoms with Crippen molar-refractivity contribution in [2.24, 2.45) is 5.73 Å². The first-order chi connectivity index (χ1) is 9.44. The zero-order valence-corrected chi connectivity index (χ0v) is 12.1. The number of carbonyl (C=O) groups excluding carboxylic acids is 1. The molecule has 1 aliphatic heterocycles. The standard InChI is InChI=1S/C14H22N4O2/c1-14(2,10-15)18-8-6-17(7-9-18)13(20)11-4-3-5-12(19)16-11/h3-5H,6-10,15H2,1-2H3,(H,16,19). The van der Waals surface area contributed by atoms with Crippen molar-refractivity contribution in [3.05, 3.63) is 34.2 Å². The van der Waals surface area contributed by atoms with Crippen molar-refractivity contribution in [2.75, 3.05) is 32.7 Å². The van der Waals surface area contributed by atoms with Gasteiger partial charge in [0.25, 0.3) is 5.91 Å². The summed E-state index contributed by atoms with van der Waals surface area (Å²) in [6, 6.07) is 4.64. The Morgan fingerprint density at radius 3 is 2.50 bits per heavy atom. The van der Waals surface area contributed by atoms with Crippen LogP contribution in [0.3, 0.4) is 0 Å². The number of aromatic amines is 1. The maximum absolute atomic E-state index is 12.3. The minimum absolute atomic E-state index is 0.0454. The highest BCUT2D eigenvalue weighted by Gasteiger charge is 2.30. The fourth-order valence-electron chi connectivity index (χ4n) is 2.39. The van der Waals surface area contributed by atoms with Gasteiger partial charge in [-0.3, -0.25) is 14.5 Å². The molecule has 0 bridgehead atoms. The SMILES string of the molecule is CC(C)(CN)N1CCN(C(=O)c2cccc(=O)[nH]2)CC1. The van der Waals surface area contributed by atoms with Gasteiger partial charge >= 0.3 is 0 Å². The lowest BCUT2D eigenvalue weighted by Gasteiger charge is -2.43. The van der Waals surface area contributed by atoms with E-state index in [0.717, 1.165) is 13.1 Å². The number of nitrogens with zero attached hydrogens (tertiary/aromatic N) is 2. The summed E-state index contributed by atoms with van der Waals surface area (Å²) in [6.07, 6.45) is 0. The first-order valence-electron chi connectivity index (χ1n) is 6.88. The third-order valence-corrected chi connectivity index (χ3v) is 3.92. The molecule has 20 heavy (non-hydrogen) atoms. The van der Waals surface area contributed by atoms with Crippen LogP contribution in [0.5, 0.6) is 0 Å². The Morgan fingerprint density at radius 2 is 1.95 bits per heavy atom. The third-order valence-electron chi connectivity index (χ3n) is 3.92. The molecule has 1 aromatic heterocycles. The average molecular weight is 278 g/mol. The van der Waals surface area contributed by atoms with Crippen molar-refractivity contribution in [1.29, 1.82) is 0 Å². The molecule has 1 aromatic rings. The van der Waals surface area contributed by atoms with E-state index in [0.29, 0.717) is 25.3 Å².